The monoisotopic (exact) mass is 474 g/mol. The molecule has 0 unspecified atom stereocenters. The minimum atomic E-state index is -1.12. The number of nitrogens with zero attached hydrogens (tertiary/aromatic N) is 2. The first-order chi connectivity index (χ1) is 16.6. The second kappa shape index (κ2) is 9.67. The molecule has 172 valence electrons. The van der Waals surface area contributed by atoms with Crippen molar-refractivity contribution in [2.45, 2.75) is 6.17 Å². The second-order valence-electron chi connectivity index (χ2n) is 8.02. The van der Waals surface area contributed by atoms with E-state index in [0.29, 0.717) is 29.6 Å². The summed E-state index contributed by atoms with van der Waals surface area (Å²) in [6.45, 7) is 2.84. The highest BCUT2D eigenvalue weighted by Crippen LogP contribution is 2.26. The van der Waals surface area contributed by atoms with Crippen molar-refractivity contribution in [2.24, 2.45) is 4.99 Å². The Morgan fingerprint density at radius 3 is 2.53 bits per heavy atom. The Balaban J connectivity index is 1.43. The van der Waals surface area contributed by atoms with E-state index in [1.54, 1.807) is 12.1 Å². The maximum Gasteiger partial charge on any atom is 0.269 e. The van der Waals surface area contributed by atoms with Crippen molar-refractivity contribution < 1.29 is 14.3 Å². The molecule has 3 aromatic rings. The predicted molar refractivity (Wildman–Crippen MR) is 133 cm³/mol. The minimum absolute atomic E-state index is 0.282. The van der Waals surface area contributed by atoms with Gasteiger partial charge in [-0.3, -0.25) is 9.59 Å². The van der Waals surface area contributed by atoms with Gasteiger partial charge in [0.15, 0.2) is 0 Å². The Morgan fingerprint density at radius 2 is 1.76 bits per heavy atom. The minimum Gasteiger partial charge on any atom is -0.378 e. The number of hydrogen-bond acceptors (Lipinski definition) is 5. The van der Waals surface area contributed by atoms with Crippen LogP contribution in [0.2, 0.25) is 5.02 Å². The number of carbonyl (C=O) groups is 2. The fourth-order valence-electron chi connectivity index (χ4n) is 4.09. The van der Waals surface area contributed by atoms with Crippen LogP contribution in [-0.2, 0) is 9.53 Å². The van der Waals surface area contributed by atoms with Gasteiger partial charge in [0.05, 0.1) is 35.2 Å². The molecular formula is C26H23ClN4O3. The van der Waals surface area contributed by atoms with Gasteiger partial charge < -0.3 is 20.3 Å². The number of benzene rings is 3. The third kappa shape index (κ3) is 4.53. The molecule has 2 N–H and O–H groups in total. The van der Waals surface area contributed by atoms with Gasteiger partial charge in [-0.15, -0.1) is 0 Å². The van der Waals surface area contributed by atoms with Crippen molar-refractivity contribution in [3.63, 3.8) is 0 Å². The van der Waals surface area contributed by atoms with Gasteiger partial charge in [0.2, 0.25) is 6.17 Å². The molecule has 1 atom stereocenters. The lowest BCUT2D eigenvalue weighted by Gasteiger charge is -2.29. The predicted octanol–water partition coefficient (Wildman–Crippen LogP) is 3.72. The smallest absolute Gasteiger partial charge is 0.269 e. The molecule has 0 aliphatic carbocycles. The second-order valence-corrected chi connectivity index (χ2v) is 8.43. The molecule has 0 saturated carbocycles. The maximum atomic E-state index is 13.1. The summed E-state index contributed by atoms with van der Waals surface area (Å²) in [6, 6.07) is 22.3. The van der Waals surface area contributed by atoms with Gasteiger partial charge in [-0.05, 0) is 24.3 Å². The summed E-state index contributed by atoms with van der Waals surface area (Å²) in [5, 5.41) is 5.93. The number of ether oxygens (including phenoxy) is 1. The summed E-state index contributed by atoms with van der Waals surface area (Å²) in [7, 11) is 0. The fourth-order valence-corrected chi connectivity index (χ4v) is 4.35. The van der Waals surface area contributed by atoms with Gasteiger partial charge >= 0.3 is 0 Å². The molecule has 8 heteroatoms. The number of hydrogen-bond donors (Lipinski definition) is 2. The Labute approximate surface area is 202 Å². The lowest BCUT2D eigenvalue weighted by atomic mass is 10.0. The van der Waals surface area contributed by atoms with E-state index in [0.717, 1.165) is 29.9 Å². The van der Waals surface area contributed by atoms with Gasteiger partial charge in [-0.25, -0.2) is 4.99 Å². The van der Waals surface area contributed by atoms with Gasteiger partial charge in [0.1, 0.15) is 0 Å². The number of nitrogens with one attached hydrogen (secondary N) is 2. The number of rotatable bonds is 4. The van der Waals surface area contributed by atoms with Crippen molar-refractivity contribution in [2.75, 3.05) is 36.5 Å². The Kier molecular flexibility index (Phi) is 6.29. The number of morpholine rings is 1. The van der Waals surface area contributed by atoms with E-state index in [1.807, 2.05) is 60.7 Å². The molecule has 0 aromatic heterocycles. The zero-order chi connectivity index (χ0) is 23.5. The van der Waals surface area contributed by atoms with Crippen LogP contribution in [-0.4, -0.2) is 50.0 Å². The number of para-hydroxylation sites is 1. The highest BCUT2D eigenvalue weighted by atomic mass is 35.5. The van der Waals surface area contributed by atoms with Gasteiger partial charge in [-0.2, -0.15) is 0 Å². The van der Waals surface area contributed by atoms with E-state index in [4.69, 9.17) is 16.3 Å². The number of carbonyl (C=O) groups excluding carboxylic acids is 2. The van der Waals surface area contributed by atoms with E-state index in [9.17, 15) is 9.59 Å². The normalized spacial score (nSPS) is 17.8. The molecule has 0 spiro atoms. The molecule has 0 radical (unpaired) electrons. The summed E-state index contributed by atoms with van der Waals surface area (Å²) in [4.78, 5) is 32.9. The van der Waals surface area contributed by atoms with Crippen LogP contribution in [0.4, 0.5) is 11.4 Å². The van der Waals surface area contributed by atoms with Crippen molar-refractivity contribution in [1.29, 1.82) is 0 Å². The maximum absolute atomic E-state index is 13.1. The average Bonchev–Trinajstić information content (AvgIpc) is 3.01. The number of aliphatic imine (C=N–C) groups is 1. The first-order valence-corrected chi connectivity index (χ1v) is 11.4. The molecule has 0 bridgehead atoms. The highest BCUT2D eigenvalue weighted by Gasteiger charge is 2.28. The molecule has 2 heterocycles. The number of anilines is 2. The number of fused-ring (bicyclic) bond motifs is 1. The Morgan fingerprint density at radius 1 is 1.03 bits per heavy atom. The first kappa shape index (κ1) is 22.1. The van der Waals surface area contributed by atoms with Crippen molar-refractivity contribution in [3.8, 4) is 0 Å². The van der Waals surface area contributed by atoms with E-state index >= 15 is 0 Å². The van der Waals surface area contributed by atoms with Crippen LogP contribution in [0.5, 0.6) is 0 Å². The van der Waals surface area contributed by atoms with Crippen LogP contribution in [0, 0.1) is 0 Å². The van der Waals surface area contributed by atoms with Crippen molar-refractivity contribution in [1.82, 2.24) is 5.32 Å². The standard InChI is InChI=1S/C26H23ClN4O3/c27-21-16-18(31-12-14-34-15-13-31)10-11-19(21)25(32)30-24-26(33)28-22-9-5-4-8-20(22)23(29-24)17-6-2-1-3-7-17/h1-11,16,24H,12-15H2,(H,28,33)(H,30,32)/t24-/m1/s1. The molecule has 1 fully saturated rings. The Bertz CT molecular complexity index is 1260. The van der Waals surface area contributed by atoms with Gasteiger partial charge in [0.25, 0.3) is 11.8 Å². The van der Waals surface area contributed by atoms with E-state index in [1.165, 1.54) is 0 Å². The van der Waals surface area contributed by atoms with Crippen LogP contribution in [0.15, 0.2) is 77.8 Å². The first-order valence-electron chi connectivity index (χ1n) is 11.1. The highest BCUT2D eigenvalue weighted by molar-refractivity contribution is 6.34. The fraction of sp³-hybridized carbons (Fsp3) is 0.192. The third-order valence-corrected chi connectivity index (χ3v) is 6.15. The number of amides is 2. The van der Waals surface area contributed by atoms with Gasteiger partial charge in [0, 0.05) is 29.9 Å². The van der Waals surface area contributed by atoms with E-state index in [2.05, 4.69) is 20.5 Å². The Hall–Kier alpha value is -3.68. The molecule has 34 heavy (non-hydrogen) atoms. The molecule has 2 aliphatic rings. The zero-order valence-electron chi connectivity index (χ0n) is 18.3. The molecule has 7 nitrogen and oxygen atoms in total. The molecule has 1 saturated heterocycles. The SMILES string of the molecule is O=C(N[C@H]1N=C(c2ccccc2)c2ccccc2NC1=O)c1ccc(N2CCOCC2)cc1Cl. The molecule has 2 aliphatic heterocycles. The zero-order valence-corrected chi connectivity index (χ0v) is 19.1. The van der Waals surface area contributed by atoms with Crippen LogP contribution in [0.1, 0.15) is 21.5 Å². The lowest BCUT2D eigenvalue weighted by Crippen LogP contribution is -2.42. The third-order valence-electron chi connectivity index (χ3n) is 5.84. The van der Waals surface area contributed by atoms with Crippen LogP contribution >= 0.6 is 11.6 Å². The quantitative estimate of drug-likeness (QED) is 0.603. The largest absolute Gasteiger partial charge is 0.378 e. The molecule has 3 aromatic carbocycles. The summed E-state index contributed by atoms with van der Waals surface area (Å²) >= 11 is 6.47. The molecular weight excluding hydrogens is 452 g/mol. The molecule has 2 amide bonds. The van der Waals surface area contributed by atoms with Crippen molar-refractivity contribution in [3.05, 3.63) is 94.5 Å². The summed E-state index contributed by atoms with van der Waals surface area (Å²) in [5.74, 6) is -0.895. The van der Waals surface area contributed by atoms with E-state index in [-0.39, 0.29) is 5.56 Å². The van der Waals surface area contributed by atoms with Gasteiger partial charge in [-0.1, -0.05) is 60.1 Å². The van der Waals surface area contributed by atoms with Crippen LogP contribution in [0.3, 0.4) is 0 Å². The lowest BCUT2D eigenvalue weighted by molar-refractivity contribution is -0.117. The average molecular weight is 475 g/mol. The summed E-state index contributed by atoms with van der Waals surface area (Å²) in [5.41, 5.74) is 4.10. The summed E-state index contributed by atoms with van der Waals surface area (Å²) < 4.78 is 5.39. The topological polar surface area (TPSA) is 83.0 Å². The van der Waals surface area contributed by atoms with Crippen LogP contribution in [0.25, 0.3) is 0 Å². The van der Waals surface area contributed by atoms with Crippen molar-refractivity contribution >= 4 is 40.5 Å². The summed E-state index contributed by atoms with van der Waals surface area (Å²) in [6.07, 6.45) is -1.12. The number of halogens is 1. The van der Waals surface area contributed by atoms with E-state index < -0.39 is 18.0 Å². The van der Waals surface area contributed by atoms with Crippen LogP contribution < -0.4 is 15.5 Å². The molecule has 5 rings (SSSR count). The number of benzodiazepines with no additional fused rings is 1.